The topological polar surface area (TPSA) is 46.6 Å². The third-order valence-corrected chi connectivity index (χ3v) is 2.97. The summed E-state index contributed by atoms with van der Waals surface area (Å²) in [6, 6.07) is 5.69. The van der Waals surface area contributed by atoms with Crippen molar-refractivity contribution in [3.63, 3.8) is 0 Å². The fourth-order valence-electron chi connectivity index (χ4n) is 2.17. The number of carbonyl (C=O) groups excluding carboxylic acids is 2. The predicted octanol–water partition coefficient (Wildman–Crippen LogP) is 4.13. The highest BCUT2D eigenvalue weighted by molar-refractivity contribution is 6.20. The van der Waals surface area contributed by atoms with Crippen LogP contribution in [0.1, 0.15) is 32.3 Å². The van der Waals surface area contributed by atoms with Gasteiger partial charge >= 0.3 is 12.2 Å². The maximum atomic E-state index is 13.7. The first-order chi connectivity index (χ1) is 10.1. The molecule has 0 N–H and O–H groups in total. The second-order valence-corrected chi connectivity index (χ2v) is 5.75. The van der Waals surface area contributed by atoms with Crippen molar-refractivity contribution >= 4 is 17.7 Å². The third kappa shape index (κ3) is 2.84. The van der Waals surface area contributed by atoms with E-state index in [4.69, 9.17) is 4.74 Å². The molecular weight excluding hydrogens is 299 g/mol. The van der Waals surface area contributed by atoms with Gasteiger partial charge in [0, 0.05) is 0 Å². The Bertz CT molecular complexity index is 660. The minimum absolute atomic E-state index is 0.00339. The molecular formula is C15H14F3NO3. The van der Waals surface area contributed by atoms with Gasteiger partial charge in [0.2, 0.25) is 0 Å². The third-order valence-electron chi connectivity index (χ3n) is 2.97. The number of hydrogen-bond donors (Lipinski definition) is 0. The molecule has 0 aliphatic carbocycles. The van der Waals surface area contributed by atoms with Crippen molar-refractivity contribution in [2.45, 2.75) is 32.3 Å². The smallest absolute Gasteiger partial charge is 0.421 e. The van der Waals surface area contributed by atoms with Gasteiger partial charge in [-0.2, -0.15) is 8.78 Å². The van der Waals surface area contributed by atoms with Crippen LogP contribution in [0.15, 0.2) is 36.2 Å². The van der Waals surface area contributed by atoms with E-state index in [1.165, 1.54) is 24.3 Å². The molecule has 0 saturated carbocycles. The van der Waals surface area contributed by atoms with Crippen LogP contribution >= 0.6 is 0 Å². The first-order valence-corrected chi connectivity index (χ1v) is 6.50. The van der Waals surface area contributed by atoms with E-state index >= 15 is 0 Å². The van der Waals surface area contributed by atoms with Crippen LogP contribution in [0.5, 0.6) is 0 Å². The lowest BCUT2D eigenvalue weighted by Gasteiger charge is -2.23. The molecule has 2 amide bonds. The number of nitrogens with zero attached hydrogens (tertiary/aromatic N) is 1. The monoisotopic (exact) mass is 313 g/mol. The molecule has 0 aromatic heterocycles. The number of amides is 2. The number of rotatable bonds is 1. The van der Waals surface area contributed by atoms with E-state index < -0.39 is 35.4 Å². The van der Waals surface area contributed by atoms with Crippen molar-refractivity contribution in [1.29, 1.82) is 0 Å². The van der Waals surface area contributed by atoms with Crippen molar-refractivity contribution in [2.24, 2.45) is 0 Å². The van der Waals surface area contributed by atoms with Crippen LogP contribution in [0.2, 0.25) is 0 Å². The molecule has 0 fully saturated rings. The molecule has 22 heavy (non-hydrogen) atoms. The Hall–Kier alpha value is -2.31. The number of imide groups is 1. The van der Waals surface area contributed by atoms with Crippen molar-refractivity contribution in [2.75, 3.05) is 4.90 Å². The van der Waals surface area contributed by atoms with E-state index in [9.17, 15) is 22.8 Å². The average Bonchev–Trinajstić information content (AvgIpc) is 2.67. The molecule has 7 heteroatoms. The van der Waals surface area contributed by atoms with Gasteiger partial charge in [-0.3, -0.25) is 4.79 Å². The number of fused-ring (bicyclic) bond motifs is 1. The fraction of sp³-hybridized carbons (Fsp3) is 0.333. The van der Waals surface area contributed by atoms with E-state index in [0.717, 1.165) is 0 Å². The minimum Gasteiger partial charge on any atom is -0.443 e. The van der Waals surface area contributed by atoms with Gasteiger partial charge in [-0.1, -0.05) is 18.2 Å². The number of para-hydroxylation sites is 1. The number of halogens is 3. The highest BCUT2D eigenvalue weighted by atomic mass is 19.3. The molecule has 4 nitrogen and oxygen atoms in total. The molecule has 1 aliphatic heterocycles. The summed E-state index contributed by atoms with van der Waals surface area (Å²) >= 11 is 0. The number of ether oxygens (including phenoxy) is 1. The summed E-state index contributed by atoms with van der Waals surface area (Å²) in [5, 5.41) is 0. The molecule has 1 aliphatic rings. The fourth-order valence-corrected chi connectivity index (χ4v) is 2.17. The van der Waals surface area contributed by atoms with E-state index in [2.05, 4.69) is 0 Å². The van der Waals surface area contributed by atoms with Crippen LogP contribution < -0.4 is 4.90 Å². The van der Waals surface area contributed by atoms with Crippen LogP contribution in [0.3, 0.4) is 0 Å². The van der Waals surface area contributed by atoms with Crippen molar-refractivity contribution in [3.8, 4) is 0 Å². The number of benzene rings is 1. The van der Waals surface area contributed by atoms with Gasteiger partial charge in [-0.15, -0.1) is 0 Å². The number of anilines is 1. The molecule has 1 aromatic rings. The largest absolute Gasteiger partial charge is 0.443 e. The van der Waals surface area contributed by atoms with Crippen LogP contribution in [0, 0.1) is 0 Å². The van der Waals surface area contributed by atoms with E-state index in [1.54, 1.807) is 20.8 Å². The zero-order valence-corrected chi connectivity index (χ0v) is 12.2. The minimum atomic E-state index is -2.58. The Morgan fingerprint density at radius 2 is 1.77 bits per heavy atom. The Balaban J connectivity index is 2.49. The zero-order chi connectivity index (χ0) is 16.7. The first-order valence-electron chi connectivity index (χ1n) is 6.50. The molecule has 118 valence electrons. The van der Waals surface area contributed by atoms with Gasteiger partial charge in [0.25, 0.3) is 5.91 Å². The van der Waals surface area contributed by atoms with Gasteiger partial charge in [0.05, 0.1) is 5.69 Å². The quantitative estimate of drug-likeness (QED) is 0.783. The lowest BCUT2D eigenvalue weighted by atomic mass is 10.00. The molecule has 0 bridgehead atoms. The highest BCUT2D eigenvalue weighted by Crippen LogP contribution is 2.43. The maximum Gasteiger partial charge on any atom is 0.421 e. The molecule has 1 heterocycles. The van der Waals surface area contributed by atoms with Gasteiger partial charge in [0.15, 0.2) is 5.83 Å². The molecule has 1 atom stereocenters. The van der Waals surface area contributed by atoms with E-state index in [-0.39, 0.29) is 11.3 Å². The highest BCUT2D eigenvalue weighted by Gasteiger charge is 2.45. The summed E-state index contributed by atoms with van der Waals surface area (Å²) in [4.78, 5) is 25.0. The molecule has 2 rings (SSSR count). The van der Waals surface area contributed by atoms with Crippen LogP contribution in [0.25, 0.3) is 0 Å². The normalized spacial score (nSPS) is 17.3. The van der Waals surface area contributed by atoms with E-state index in [1.807, 2.05) is 0 Å². The second-order valence-electron chi connectivity index (χ2n) is 5.75. The summed E-state index contributed by atoms with van der Waals surface area (Å²) in [6.45, 7) is 4.78. The lowest BCUT2D eigenvalue weighted by Crippen LogP contribution is -2.39. The van der Waals surface area contributed by atoms with Crippen LogP contribution in [0.4, 0.5) is 23.7 Å². The molecule has 1 aromatic carbocycles. The molecule has 1 unspecified atom stereocenters. The molecule has 0 spiro atoms. The van der Waals surface area contributed by atoms with Gasteiger partial charge in [-0.25, -0.2) is 14.1 Å². The summed E-state index contributed by atoms with van der Waals surface area (Å²) in [7, 11) is 0. The summed E-state index contributed by atoms with van der Waals surface area (Å²) < 4.78 is 43.9. The van der Waals surface area contributed by atoms with Crippen LogP contribution in [-0.4, -0.2) is 17.6 Å². The Labute approximate surface area is 125 Å². The summed E-state index contributed by atoms with van der Waals surface area (Å²) in [5.74, 6) is -4.78. The number of hydrogen-bond acceptors (Lipinski definition) is 3. The summed E-state index contributed by atoms with van der Waals surface area (Å²) in [5.41, 5.74) is -0.837. The van der Waals surface area contributed by atoms with Crippen molar-refractivity contribution in [3.05, 3.63) is 41.7 Å². The Morgan fingerprint density at radius 1 is 1.18 bits per heavy atom. The van der Waals surface area contributed by atoms with Gasteiger partial charge in [-0.05, 0) is 32.4 Å². The maximum absolute atomic E-state index is 13.7. The standard InChI is InChI=1S/C15H14F3NO3/c1-15(2,3)22-14(21)19-9-7-5-4-6-8(9)10(13(19)20)11(16)12(17)18/h4-7,10H,1-3H3. The summed E-state index contributed by atoms with van der Waals surface area (Å²) in [6.07, 6.45) is -3.61. The first kappa shape index (κ1) is 16.1. The average molecular weight is 313 g/mol. The second kappa shape index (κ2) is 5.47. The van der Waals surface area contributed by atoms with Crippen molar-refractivity contribution < 1.29 is 27.5 Å². The Kier molecular flexibility index (Phi) is 4.00. The SMILES string of the molecule is CC(C)(C)OC(=O)N1C(=O)C(C(F)=C(F)F)c2ccccc21. The molecule has 0 saturated heterocycles. The van der Waals surface area contributed by atoms with Crippen molar-refractivity contribution in [1.82, 2.24) is 0 Å². The van der Waals surface area contributed by atoms with Gasteiger partial charge < -0.3 is 4.74 Å². The molecule has 0 radical (unpaired) electrons. The van der Waals surface area contributed by atoms with Gasteiger partial charge in [0.1, 0.15) is 11.5 Å². The zero-order valence-electron chi connectivity index (χ0n) is 12.2. The Morgan fingerprint density at radius 3 is 2.32 bits per heavy atom. The number of carbonyl (C=O) groups is 2. The lowest BCUT2D eigenvalue weighted by molar-refractivity contribution is -0.118. The van der Waals surface area contributed by atoms with Crippen LogP contribution in [-0.2, 0) is 9.53 Å². The van der Waals surface area contributed by atoms with E-state index in [0.29, 0.717) is 4.90 Å². The predicted molar refractivity (Wildman–Crippen MR) is 73.3 cm³/mol.